The summed E-state index contributed by atoms with van der Waals surface area (Å²) < 4.78 is 7.37. The first-order valence-electron chi connectivity index (χ1n) is 9.69. The molecule has 0 bridgehead atoms. The van der Waals surface area contributed by atoms with Crippen molar-refractivity contribution in [1.29, 1.82) is 0 Å². The molecule has 0 saturated heterocycles. The zero-order valence-corrected chi connectivity index (χ0v) is 16.8. The minimum atomic E-state index is 0.642. The number of aryl methyl sites for hydroxylation is 2. The number of hydrogen-bond acceptors (Lipinski definition) is 4. The van der Waals surface area contributed by atoms with E-state index in [2.05, 4.69) is 58.1 Å². The van der Waals surface area contributed by atoms with Crippen molar-refractivity contribution in [3.63, 3.8) is 0 Å². The third-order valence-electron chi connectivity index (χ3n) is 4.60. The Labute approximate surface area is 165 Å². The first-order chi connectivity index (χ1) is 13.7. The van der Waals surface area contributed by atoms with Crippen LogP contribution in [0.1, 0.15) is 42.0 Å². The van der Waals surface area contributed by atoms with Crippen molar-refractivity contribution in [3.05, 3.63) is 70.9 Å². The Hall–Kier alpha value is -3.09. The molecule has 0 unspecified atom stereocenters. The minimum absolute atomic E-state index is 0.642. The summed E-state index contributed by atoms with van der Waals surface area (Å²) in [5.74, 6) is 1.67. The van der Waals surface area contributed by atoms with E-state index in [0.717, 1.165) is 47.9 Å². The molecular weight excluding hydrogens is 352 g/mol. The van der Waals surface area contributed by atoms with Crippen LogP contribution in [0.25, 0.3) is 0 Å². The van der Waals surface area contributed by atoms with Gasteiger partial charge in [-0.05, 0) is 12.0 Å². The van der Waals surface area contributed by atoms with Gasteiger partial charge in [-0.1, -0.05) is 49.3 Å². The van der Waals surface area contributed by atoms with Crippen molar-refractivity contribution in [2.45, 2.75) is 46.3 Å². The van der Waals surface area contributed by atoms with Gasteiger partial charge in [0.1, 0.15) is 5.76 Å². The van der Waals surface area contributed by atoms with Gasteiger partial charge in [0.25, 0.3) is 0 Å². The summed E-state index contributed by atoms with van der Waals surface area (Å²) in [5.41, 5.74) is 4.47. The third-order valence-corrected chi connectivity index (χ3v) is 4.60. The molecule has 7 nitrogen and oxygen atoms in total. The van der Waals surface area contributed by atoms with Crippen LogP contribution in [0.3, 0.4) is 0 Å². The molecule has 2 heterocycles. The summed E-state index contributed by atoms with van der Waals surface area (Å²) in [5, 5.41) is 15.3. The van der Waals surface area contributed by atoms with Gasteiger partial charge in [-0.2, -0.15) is 5.10 Å². The quantitative estimate of drug-likeness (QED) is 0.464. The standard InChI is InChI=1S/C21H28N6O/c1-4-19-18(20(5-2)28-26-19)13-24-21(22-3)23-11-17-12-25-27(15-17)14-16-9-7-6-8-10-16/h6-10,12,15H,4-5,11,13-14H2,1-3H3,(H2,22,23,24). The molecule has 0 radical (unpaired) electrons. The Morgan fingerprint density at radius 2 is 1.86 bits per heavy atom. The molecule has 148 valence electrons. The average molecular weight is 380 g/mol. The van der Waals surface area contributed by atoms with Crippen LogP contribution in [0.5, 0.6) is 0 Å². The molecule has 0 fully saturated rings. The second-order valence-electron chi connectivity index (χ2n) is 6.55. The lowest BCUT2D eigenvalue weighted by Gasteiger charge is -2.11. The van der Waals surface area contributed by atoms with Crippen molar-refractivity contribution in [2.75, 3.05) is 7.05 Å². The van der Waals surface area contributed by atoms with Gasteiger partial charge in [0.2, 0.25) is 0 Å². The van der Waals surface area contributed by atoms with Gasteiger partial charge in [0, 0.05) is 43.9 Å². The van der Waals surface area contributed by atoms with E-state index in [-0.39, 0.29) is 0 Å². The van der Waals surface area contributed by atoms with Gasteiger partial charge >= 0.3 is 0 Å². The summed E-state index contributed by atoms with van der Waals surface area (Å²) in [4.78, 5) is 4.30. The number of hydrogen-bond donors (Lipinski definition) is 2. The first kappa shape index (κ1) is 19.7. The molecule has 0 atom stereocenters. The van der Waals surface area contributed by atoms with Crippen LogP contribution in [0.15, 0.2) is 52.2 Å². The SMILES string of the molecule is CCc1noc(CC)c1CNC(=NC)NCc1cnn(Cc2ccccc2)c1. The smallest absolute Gasteiger partial charge is 0.191 e. The van der Waals surface area contributed by atoms with Crippen molar-refractivity contribution < 1.29 is 4.52 Å². The highest BCUT2D eigenvalue weighted by molar-refractivity contribution is 5.79. The van der Waals surface area contributed by atoms with Crippen LogP contribution < -0.4 is 10.6 Å². The topological polar surface area (TPSA) is 80.3 Å². The van der Waals surface area contributed by atoms with Gasteiger partial charge in [-0.3, -0.25) is 9.67 Å². The molecule has 28 heavy (non-hydrogen) atoms. The van der Waals surface area contributed by atoms with E-state index in [9.17, 15) is 0 Å². The molecule has 0 saturated carbocycles. The number of rotatable bonds is 8. The van der Waals surface area contributed by atoms with E-state index in [1.54, 1.807) is 7.05 Å². The van der Waals surface area contributed by atoms with Crippen LogP contribution >= 0.6 is 0 Å². The van der Waals surface area contributed by atoms with E-state index in [1.165, 1.54) is 5.56 Å². The predicted octanol–water partition coefficient (Wildman–Crippen LogP) is 2.91. The van der Waals surface area contributed by atoms with Crippen molar-refractivity contribution in [3.8, 4) is 0 Å². The Bertz CT molecular complexity index is 875. The molecule has 0 aliphatic rings. The van der Waals surface area contributed by atoms with Gasteiger partial charge in [-0.25, -0.2) is 0 Å². The fourth-order valence-corrected chi connectivity index (χ4v) is 3.07. The maximum atomic E-state index is 5.42. The number of guanidine groups is 1. The van der Waals surface area contributed by atoms with E-state index >= 15 is 0 Å². The van der Waals surface area contributed by atoms with Gasteiger partial charge in [0.15, 0.2) is 5.96 Å². The lowest BCUT2D eigenvalue weighted by Crippen LogP contribution is -2.36. The summed E-state index contributed by atoms with van der Waals surface area (Å²) in [7, 11) is 1.77. The van der Waals surface area contributed by atoms with Crippen molar-refractivity contribution in [1.82, 2.24) is 25.6 Å². The van der Waals surface area contributed by atoms with E-state index in [1.807, 2.05) is 29.1 Å². The molecule has 7 heteroatoms. The Kier molecular flexibility index (Phi) is 6.84. The molecule has 2 aromatic heterocycles. The van der Waals surface area contributed by atoms with Crippen LogP contribution in [-0.4, -0.2) is 27.9 Å². The monoisotopic (exact) mass is 380 g/mol. The molecule has 0 aliphatic carbocycles. The molecule has 0 amide bonds. The number of benzene rings is 1. The molecular formula is C21H28N6O. The molecule has 1 aromatic carbocycles. The largest absolute Gasteiger partial charge is 0.361 e. The lowest BCUT2D eigenvalue weighted by atomic mass is 10.1. The summed E-state index contributed by atoms with van der Waals surface area (Å²) in [6.45, 7) is 6.22. The highest BCUT2D eigenvalue weighted by atomic mass is 16.5. The Balaban J connectivity index is 1.53. The average Bonchev–Trinajstić information content (AvgIpc) is 3.35. The van der Waals surface area contributed by atoms with Crippen LogP contribution in [0.4, 0.5) is 0 Å². The van der Waals surface area contributed by atoms with Gasteiger partial charge in [0.05, 0.1) is 18.4 Å². The second kappa shape index (κ2) is 9.73. The van der Waals surface area contributed by atoms with E-state index < -0.39 is 0 Å². The Morgan fingerprint density at radius 1 is 1.07 bits per heavy atom. The van der Waals surface area contributed by atoms with Crippen LogP contribution in [0.2, 0.25) is 0 Å². The fourth-order valence-electron chi connectivity index (χ4n) is 3.07. The highest BCUT2D eigenvalue weighted by Crippen LogP contribution is 2.15. The van der Waals surface area contributed by atoms with Crippen LogP contribution in [0, 0.1) is 0 Å². The summed E-state index contributed by atoms with van der Waals surface area (Å²) >= 11 is 0. The number of nitrogens with one attached hydrogen (secondary N) is 2. The zero-order chi connectivity index (χ0) is 19.8. The highest BCUT2D eigenvalue weighted by Gasteiger charge is 2.13. The van der Waals surface area contributed by atoms with Gasteiger partial charge < -0.3 is 15.2 Å². The van der Waals surface area contributed by atoms with Gasteiger partial charge in [-0.15, -0.1) is 0 Å². The second-order valence-corrected chi connectivity index (χ2v) is 6.55. The molecule has 3 aromatic rings. The fraction of sp³-hybridized carbons (Fsp3) is 0.381. The number of aromatic nitrogens is 3. The molecule has 0 aliphatic heterocycles. The number of nitrogens with zero attached hydrogens (tertiary/aromatic N) is 4. The Morgan fingerprint density at radius 3 is 2.57 bits per heavy atom. The maximum absolute atomic E-state index is 5.42. The van der Waals surface area contributed by atoms with Crippen molar-refractivity contribution >= 4 is 5.96 Å². The van der Waals surface area contributed by atoms with E-state index in [4.69, 9.17) is 4.52 Å². The molecule has 0 spiro atoms. The number of aliphatic imine (C=N–C) groups is 1. The maximum Gasteiger partial charge on any atom is 0.191 e. The minimum Gasteiger partial charge on any atom is -0.361 e. The van der Waals surface area contributed by atoms with Crippen LogP contribution in [-0.2, 0) is 32.5 Å². The normalized spacial score (nSPS) is 11.6. The zero-order valence-electron chi connectivity index (χ0n) is 16.8. The predicted molar refractivity (Wildman–Crippen MR) is 110 cm³/mol. The third kappa shape index (κ3) is 5.00. The summed E-state index contributed by atoms with van der Waals surface area (Å²) in [6, 6.07) is 10.3. The lowest BCUT2D eigenvalue weighted by molar-refractivity contribution is 0.380. The molecule has 2 N–H and O–H groups in total. The van der Waals surface area contributed by atoms with E-state index in [0.29, 0.717) is 13.1 Å². The summed E-state index contributed by atoms with van der Waals surface area (Å²) in [6.07, 6.45) is 5.62. The van der Waals surface area contributed by atoms with Crippen molar-refractivity contribution in [2.24, 2.45) is 4.99 Å². The first-order valence-corrected chi connectivity index (χ1v) is 9.69. The molecule has 3 rings (SSSR count).